The number of ether oxygens (including phenoxy) is 5. The van der Waals surface area contributed by atoms with Crippen LogP contribution in [-0.2, 0) is 78.5 Å². The lowest BCUT2D eigenvalue weighted by molar-refractivity contribution is -0.149. The number of unbranched alkanes of at least 4 members (excludes halogenated alkanes) is 1. The van der Waals surface area contributed by atoms with Gasteiger partial charge in [-0.15, -0.1) is 23.8 Å². The molecule has 0 aliphatic heterocycles. The summed E-state index contributed by atoms with van der Waals surface area (Å²) in [5.41, 5.74) is 20.3. The molecular formula is C125H210O12Si. The van der Waals surface area contributed by atoms with E-state index in [-0.39, 0.29) is 89.6 Å². The zero-order valence-electron chi connectivity index (χ0n) is 96.1. The van der Waals surface area contributed by atoms with Crippen LogP contribution in [0.3, 0.4) is 0 Å². The second kappa shape index (κ2) is 90.9. The highest BCUT2D eigenvalue weighted by molar-refractivity contribution is 6.78. The van der Waals surface area contributed by atoms with Crippen molar-refractivity contribution in [1.82, 2.24) is 0 Å². The first-order valence-corrected chi connectivity index (χ1v) is 55.1. The number of ketones is 1. The fourth-order valence-electron chi connectivity index (χ4n) is 11.5. The zero-order chi connectivity index (χ0) is 108. The van der Waals surface area contributed by atoms with Gasteiger partial charge in [0.05, 0.1) is 57.5 Å². The molecule has 0 saturated carbocycles. The average molecular weight is 1930 g/mol. The number of aliphatic hydroxyl groups excluding tert-OH is 1. The maximum absolute atomic E-state index is 11.7. The normalized spacial score (nSPS) is 10.9. The Hall–Kier alpha value is -8.66. The minimum absolute atomic E-state index is 0.00116. The Balaban J connectivity index is -0.000000224. The number of esters is 5. The largest absolute Gasteiger partial charge is 0.465 e. The van der Waals surface area contributed by atoms with Crippen molar-refractivity contribution >= 4 is 43.7 Å². The van der Waals surface area contributed by atoms with E-state index in [0.717, 1.165) is 95.3 Å². The quantitative estimate of drug-likeness (QED) is 0.0101. The number of carbonyl (C=O) groups excluding carboxylic acids is 6. The Kier molecular flexibility index (Phi) is 95.3. The molecule has 0 fully saturated rings. The molecule has 0 heterocycles. The molecule has 0 aromatic heterocycles. The molecule has 0 atom stereocenters. The molecule has 12 nitrogen and oxygen atoms in total. The second-order valence-electron chi connectivity index (χ2n) is 42.9. The van der Waals surface area contributed by atoms with E-state index < -0.39 is 8.07 Å². The summed E-state index contributed by atoms with van der Waals surface area (Å²) in [5.74, 6) is 8.16. The molecule has 138 heavy (non-hydrogen) atoms. The van der Waals surface area contributed by atoms with Crippen LogP contribution in [0.4, 0.5) is 0 Å². The van der Waals surface area contributed by atoms with E-state index in [4.69, 9.17) is 28.8 Å². The predicted molar refractivity (Wildman–Crippen MR) is 603 cm³/mol. The van der Waals surface area contributed by atoms with E-state index in [9.17, 15) is 28.8 Å². The lowest BCUT2D eigenvalue weighted by atomic mass is 9.90. The van der Waals surface area contributed by atoms with E-state index in [1.165, 1.54) is 65.1 Å². The number of allylic oxidation sites excluding steroid dienone is 4. The van der Waals surface area contributed by atoms with Gasteiger partial charge in [-0.05, 0) is 173 Å². The van der Waals surface area contributed by atoms with Crippen molar-refractivity contribution < 1.29 is 57.6 Å². The van der Waals surface area contributed by atoms with Gasteiger partial charge in [-0.3, -0.25) is 28.8 Å². The lowest BCUT2D eigenvalue weighted by Crippen LogP contribution is -2.30. The standard InChI is InChI=1S/C18H18O2.C13H16.C11H14O2.C11H22O2.C11H16O.C10H14.C9H22Si.C8H16O2.C7H12O2.C7H16.C6H12.C5H10O.C5H12.C4H10/c1-12(2)18(19)20-11-17-15-9-5-3-7-13(15)14-8-4-6-10-16(14)17;1-6-9-12(10-7-2)13(8-3)11(4)5;1-9(2)11(12)13-8-10-6-4-3-5-7-10;1-9(2)7-5-6-8-13-11(12)10(3)4;1-9(2)7-10-3-5-11(8-12)6-4-10;1-9(2)8-10-6-4-3-5-7-10;1-8(2)7-10(5,6)9(3)4;1-6(2)5-10-8(9)7(3)4;1-4-5-9-7(8)6(2)3;1-6(2)5-7(3)4;1-4-5-6(2)3;1-4(2)5(3)6;1-4-5(2)3;1-4(2)3/h3-10,12,17H,11H2,1-2H3;9-12H,1-3H2,4-5H3;3-7,9H,8H2,1-2H3;9-10H,5-8H2,1-4H3;3-6,9,12H,7-8H2,1-2H3;3-7,9H,8H2,1-2H3;8-9H,7H2,1-6H3;6-7H,5H2,1-4H3;4,6H,1,5H2,2-3H3;6-7H,5H2,1-4H3;4,6H,1,5H2,2-3H3;4H,1-3H3;5H,4H2,1-3H3;4H,1-3H3. The van der Waals surface area contributed by atoms with Gasteiger partial charge in [0.15, 0.2) is 0 Å². The topological polar surface area (TPSA) is 169 Å². The summed E-state index contributed by atoms with van der Waals surface area (Å²) in [7, 11) is -0.844. The maximum atomic E-state index is 11.7. The summed E-state index contributed by atoms with van der Waals surface area (Å²) in [6.07, 6.45) is 16.7. The summed E-state index contributed by atoms with van der Waals surface area (Å²) < 4.78 is 25.2. The van der Waals surface area contributed by atoms with Crippen LogP contribution >= 0.6 is 0 Å². The Morgan fingerprint density at radius 2 is 0.761 bits per heavy atom. The molecule has 786 valence electrons. The van der Waals surface area contributed by atoms with Crippen molar-refractivity contribution in [1.29, 1.82) is 0 Å². The molecule has 0 radical (unpaired) electrons. The van der Waals surface area contributed by atoms with Gasteiger partial charge in [0.1, 0.15) is 25.6 Å². The van der Waals surface area contributed by atoms with Gasteiger partial charge in [-0.2, -0.15) is 0 Å². The van der Waals surface area contributed by atoms with Crippen LogP contribution in [0.15, 0.2) is 213 Å². The van der Waals surface area contributed by atoms with E-state index in [2.05, 4.69) is 308 Å². The number of fused-ring (bicyclic) bond motifs is 3. The molecule has 0 unspecified atom stereocenters. The van der Waals surface area contributed by atoms with E-state index in [1.54, 1.807) is 26.8 Å². The highest BCUT2D eigenvalue weighted by Gasteiger charge is 2.30. The highest BCUT2D eigenvalue weighted by atomic mass is 28.3. The SMILES string of the molecule is C=C=CC(C=C=C)C(=C=C)C(C)C.C=CCC(C)C.C=CCOC(=O)C(C)C.CC(=O)C(C)C.CC(C)C.CC(C)C(=O)OCC1c2ccccc2-c2ccccc21.CC(C)C(=O)OCc1ccccc1.CC(C)CC(C)C.CC(C)CCCCOC(=O)C(C)C.CC(C)COC(=O)C(C)C.CC(C)C[Si](C)(C)C(C)C.CC(C)Cc1ccc(CO)cc1.CC(C)Cc1ccccc1.CCC(C)C. The number of rotatable bonds is 36. The molecule has 1 aliphatic rings. The molecule has 1 N–H and O–H groups in total. The molecule has 5 aromatic rings. The Morgan fingerprint density at radius 3 is 1.05 bits per heavy atom. The second-order valence-corrected chi connectivity index (χ2v) is 48.5. The lowest BCUT2D eigenvalue weighted by Gasteiger charge is -2.28. The first-order valence-electron chi connectivity index (χ1n) is 51.8. The van der Waals surface area contributed by atoms with Gasteiger partial charge in [0, 0.05) is 17.8 Å². The monoisotopic (exact) mass is 1930 g/mol. The van der Waals surface area contributed by atoms with Crippen LogP contribution in [0.25, 0.3) is 11.1 Å². The molecule has 1 aliphatic carbocycles. The van der Waals surface area contributed by atoms with Crippen molar-refractivity contribution in [3.8, 4) is 11.1 Å². The van der Waals surface area contributed by atoms with Gasteiger partial charge in [-0.25, -0.2) is 0 Å². The number of benzene rings is 5. The van der Waals surface area contributed by atoms with Crippen LogP contribution in [-0.4, -0.2) is 75.2 Å². The third kappa shape index (κ3) is 92.4. The van der Waals surface area contributed by atoms with Crippen LogP contribution in [0.1, 0.15) is 348 Å². The predicted octanol–water partition coefficient (Wildman–Crippen LogP) is 35.1. The van der Waals surface area contributed by atoms with Gasteiger partial charge < -0.3 is 28.8 Å². The first kappa shape index (κ1) is 145. The van der Waals surface area contributed by atoms with Crippen LogP contribution < -0.4 is 0 Å². The van der Waals surface area contributed by atoms with E-state index in [0.29, 0.717) is 50.8 Å². The summed E-state index contributed by atoms with van der Waals surface area (Å²) in [4.78, 5) is 65.4. The molecule has 0 bridgehead atoms. The molecule has 5 aromatic carbocycles. The molecule has 6 rings (SSSR count). The Morgan fingerprint density at radius 1 is 0.399 bits per heavy atom. The van der Waals surface area contributed by atoms with E-state index >= 15 is 0 Å². The highest BCUT2D eigenvalue weighted by Crippen LogP contribution is 2.44. The molecule has 0 saturated heterocycles. The maximum Gasteiger partial charge on any atom is 0.308 e. The van der Waals surface area contributed by atoms with Crippen molar-refractivity contribution in [3.63, 3.8) is 0 Å². The number of carbonyl (C=O) groups is 6. The number of Topliss-reactive ketones (excluding diaryl/α,β-unsaturated/α-hetero) is 1. The van der Waals surface area contributed by atoms with Gasteiger partial charge in [0.2, 0.25) is 0 Å². The molecule has 0 spiro atoms. The van der Waals surface area contributed by atoms with Crippen molar-refractivity contribution in [2.45, 2.75) is 365 Å². The number of hydrogen-bond donors (Lipinski definition) is 1. The fraction of sp³-hybridized carbons (Fsp3) is 0.608. The van der Waals surface area contributed by atoms with Crippen LogP contribution in [0.2, 0.25) is 24.7 Å². The summed E-state index contributed by atoms with van der Waals surface area (Å²) >= 11 is 0. The van der Waals surface area contributed by atoms with Crippen molar-refractivity contribution in [2.75, 3.05) is 26.4 Å². The zero-order valence-corrected chi connectivity index (χ0v) is 97.1. The third-order valence-electron chi connectivity index (χ3n) is 20.1. The van der Waals surface area contributed by atoms with Crippen molar-refractivity contribution in [3.05, 3.63) is 247 Å². The summed E-state index contributed by atoms with van der Waals surface area (Å²) in [6.45, 7) is 106. The van der Waals surface area contributed by atoms with Gasteiger partial charge in [0.25, 0.3) is 0 Å². The van der Waals surface area contributed by atoms with Crippen LogP contribution in [0, 0.1) is 107 Å². The third-order valence-corrected chi connectivity index (χ3v) is 25.1. The first-order chi connectivity index (χ1) is 64.2. The minimum Gasteiger partial charge on any atom is -0.465 e. The summed E-state index contributed by atoms with van der Waals surface area (Å²) in [6, 6.07) is 46.6. The molecular weight excluding hydrogens is 1720 g/mol. The number of aliphatic hydroxyl groups is 1. The summed E-state index contributed by atoms with van der Waals surface area (Å²) in [5, 5.41) is 8.81. The molecule has 13 heteroatoms. The minimum atomic E-state index is -0.844. The van der Waals surface area contributed by atoms with Gasteiger partial charge >= 0.3 is 29.8 Å². The van der Waals surface area contributed by atoms with Gasteiger partial charge in [-0.1, -0.05) is 473 Å². The fourth-order valence-corrected chi connectivity index (χ4v) is 14.1. The van der Waals surface area contributed by atoms with Crippen molar-refractivity contribution in [2.24, 2.45) is 107 Å². The number of hydrogen-bond acceptors (Lipinski definition) is 12. The average Bonchev–Trinajstić information content (AvgIpc) is 1.61. The van der Waals surface area contributed by atoms with E-state index in [1.807, 2.05) is 156 Å². The van der Waals surface area contributed by atoms with Crippen LogP contribution in [0.5, 0.6) is 0 Å². The molecule has 0 amide bonds. The smallest absolute Gasteiger partial charge is 0.308 e. The Bertz CT molecular complexity index is 3900. The Labute approximate surface area is 852 Å².